The summed E-state index contributed by atoms with van der Waals surface area (Å²) in [5, 5.41) is 5.00. The van der Waals surface area contributed by atoms with Crippen LogP contribution in [0.25, 0.3) is 0 Å². The van der Waals surface area contributed by atoms with Crippen LogP contribution in [-0.2, 0) is 14.4 Å². The molecule has 0 aliphatic rings. The van der Waals surface area contributed by atoms with Crippen molar-refractivity contribution < 1.29 is 14.4 Å². The van der Waals surface area contributed by atoms with Crippen LogP contribution in [0.2, 0.25) is 0 Å². The summed E-state index contributed by atoms with van der Waals surface area (Å²) < 4.78 is 0. The SMILES string of the molecule is C#CCNC(=O)[C@@H](CCCCN)NC(=O)CSC(C)=O.Cl. The molecule has 0 saturated carbocycles. The summed E-state index contributed by atoms with van der Waals surface area (Å²) in [6.07, 6.45) is 7.06. The Morgan fingerprint density at radius 3 is 2.52 bits per heavy atom. The molecule has 0 unspecified atom stereocenters. The van der Waals surface area contributed by atoms with E-state index < -0.39 is 6.04 Å². The number of amides is 2. The summed E-state index contributed by atoms with van der Waals surface area (Å²) >= 11 is 0.904. The first kappa shape index (κ1) is 22.1. The van der Waals surface area contributed by atoms with Gasteiger partial charge < -0.3 is 16.4 Å². The number of nitrogens with two attached hydrogens (primary N) is 1. The zero-order chi connectivity index (χ0) is 15.4. The first-order chi connectivity index (χ1) is 9.51. The first-order valence-corrected chi connectivity index (χ1v) is 7.33. The highest BCUT2D eigenvalue weighted by atomic mass is 35.5. The third kappa shape index (κ3) is 12.2. The number of terminal acetylenes is 1. The van der Waals surface area contributed by atoms with E-state index in [1.54, 1.807) is 0 Å². The lowest BCUT2D eigenvalue weighted by atomic mass is 10.1. The molecule has 120 valence electrons. The Bertz CT molecular complexity index is 385. The minimum Gasteiger partial charge on any atom is -0.344 e. The van der Waals surface area contributed by atoms with Crippen LogP contribution in [0.15, 0.2) is 0 Å². The maximum atomic E-state index is 11.8. The number of hydrogen-bond donors (Lipinski definition) is 3. The molecule has 0 rings (SSSR count). The number of rotatable bonds is 9. The molecule has 0 aliphatic heterocycles. The van der Waals surface area contributed by atoms with Crippen molar-refractivity contribution in [2.45, 2.75) is 32.2 Å². The van der Waals surface area contributed by atoms with Gasteiger partial charge in [-0.1, -0.05) is 17.7 Å². The van der Waals surface area contributed by atoms with Crippen molar-refractivity contribution in [3.63, 3.8) is 0 Å². The Morgan fingerprint density at radius 2 is 2.00 bits per heavy atom. The second-order valence-corrected chi connectivity index (χ2v) is 5.26. The number of carbonyl (C=O) groups is 3. The van der Waals surface area contributed by atoms with E-state index in [-0.39, 0.29) is 41.6 Å². The van der Waals surface area contributed by atoms with Gasteiger partial charge in [-0.2, -0.15) is 0 Å². The van der Waals surface area contributed by atoms with E-state index in [0.29, 0.717) is 13.0 Å². The predicted octanol–water partition coefficient (Wildman–Crippen LogP) is 0.0511. The smallest absolute Gasteiger partial charge is 0.243 e. The van der Waals surface area contributed by atoms with Crippen LogP contribution in [0.4, 0.5) is 0 Å². The van der Waals surface area contributed by atoms with Crippen molar-refractivity contribution >= 4 is 41.1 Å². The third-order valence-electron chi connectivity index (χ3n) is 2.37. The number of unbranched alkanes of at least 4 members (excludes halogenated alkanes) is 1. The number of carbonyl (C=O) groups excluding carboxylic acids is 3. The normalized spacial score (nSPS) is 10.7. The van der Waals surface area contributed by atoms with Crippen LogP contribution in [0.5, 0.6) is 0 Å². The molecule has 8 heteroatoms. The zero-order valence-electron chi connectivity index (χ0n) is 12.0. The van der Waals surface area contributed by atoms with Crippen LogP contribution < -0.4 is 16.4 Å². The summed E-state index contributed by atoms with van der Waals surface area (Å²) in [5.41, 5.74) is 5.40. The van der Waals surface area contributed by atoms with Gasteiger partial charge in [-0.05, 0) is 25.8 Å². The van der Waals surface area contributed by atoms with Gasteiger partial charge in [0.05, 0.1) is 12.3 Å². The third-order valence-corrected chi connectivity index (χ3v) is 3.18. The van der Waals surface area contributed by atoms with Gasteiger partial charge in [0.25, 0.3) is 0 Å². The van der Waals surface area contributed by atoms with Gasteiger partial charge >= 0.3 is 0 Å². The van der Waals surface area contributed by atoms with E-state index in [1.807, 2.05) is 0 Å². The maximum absolute atomic E-state index is 11.8. The Balaban J connectivity index is 0. The van der Waals surface area contributed by atoms with Crippen molar-refractivity contribution in [3.05, 3.63) is 0 Å². The summed E-state index contributed by atoms with van der Waals surface area (Å²) in [5.74, 6) is 1.64. The molecule has 6 nitrogen and oxygen atoms in total. The Morgan fingerprint density at radius 1 is 1.33 bits per heavy atom. The standard InChI is InChI=1S/C13H21N3O3S.ClH/c1-3-8-15-13(19)11(6-4-5-7-14)16-12(18)9-20-10(2)17;/h1,11H,4-9,14H2,2H3,(H,15,19)(H,16,18);1H/t11-;/m1./s1. The lowest BCUT2D eigenvalue weighted by Gasteiger charge is -2.17. The molecule has 0 aromatic heterocycles. The molecule has 0 heterocycles. The van der Waals surface area contributed by atoms with E-state index in [2.05, 4.69) is 16.6 Å². The quantitative estimate of drug-likeness (QED) is 0.408. The molecule has 0 aromatic carbocycles. The second kappa shape index (κ2) is 13.7. The molecular formula is C13H22ClN3O3S. The van der Waals surface area contributed by atoms with Gasteiger partial charge in [0.2, 0.25) is 11.8 Å². The van der Waals surface area contributed by atoms with E-state index in [1.165, 1.54) is 6.92 Å². The lowest BCUT2D eigenvalue weighted by molar-refractivity contribution is -0.127. The molecule has 1 atom stereocenters. The Labute approximate surface area is 135 Å². The van der Waals surface area contributed by atoms with Crippen LogP contribution in [0, 0.1) is 12.3 Å². The summed E-state index contributed by atoms with van der Waals surface area (Å²) in [6.45, 7) is 2.04. The van der Waals surface area contributed by atoms with E-state index in [9.17, 15) is 14.4 Å². The van der Waals surface area contributed by atoms with E-state index >= 15 is 0 Å². The molecular weight excluding hydrogens is 314 g/mol. The minimum absolute atomic E-state index is 0. The molecule has 4 N–H and O–H groups in total. The van der Waals surface area contributed by atoms with Gasteiger partial charge in [0.15, 0.2) is 5.12 Å². The highest BCUT2D eigenvalue weighted by molar-refractivity contribution is 8.14. The van der Waals surface area contributed by atoms with Crippen LogP contribution in [-0.4, -0.2) is 41.8 Å². The van der Waals surface area contributed by atoms with Gasteiger partial charge in [-0.3, -0.25) is 14.4 Å². The molecule has 0 saturated heterocycles. The molecule has 0 fully saturated rings. The first-order valence-electron chi connectivity index (χ1n) is 6.35. The Hall–Kier alpha value is -1.23. The second-order valence-electron chi connectivity index (χ2n) is 4.11. The largest absolute Gasteiger partial charge is 0.344 e. The van der Waals surface area contributed by atoms with E-state index in [0.717, 1.165) is 24.6 Å². The van der Waals surface area contributed by atoms with Crippen LogP contribution in [0.3, 0.4) is 0 Å². The predicted molar refractivity (Wildman–Crippen MR) is 87.1 cm³/mol. The van der Waals surface area contributed by atoms with Crippen molar-refractivity contribution in [1.82, 2.24) is 10.6 Å². The zero-order valence-corrected chi connectivity index (χ0v) is 13.6. The van der Waals surface area contributed by atoms with Crippen molar-refractivity contribution in [2.24, 2.45) is 5.73 Å². The lowest BCUT2D eigenvalue weighted by Crippen LogP contribution is -2.47. The summed E-state index contributed by atoms with van der Waals surface area (Å²) in [4.78, 5) is 34.3. The average Bonchev–Trinajstić information content (AvgIpc) is 2.41. The molecule has 0 bridgehead atoms. The number of hydrogen-bond acceptors (Lipinski definition) is 5. The number of halogens is 1. The number of thioether (sulfide) groups is 1. The van der Waals surface area contributed by atoms with Crippen molar-refractivity contribution in [3.8, 4) is 12.3 Å². The molecule has 0 radical (unpaired) electrons. The maximum Gasteiger partial charge on any atom is 0.243 e. The highest BCUT2D eigenvalue weighted by Gasteiger charge is 2.19. The Kier molecular flexibility index (Phi) is 14.4. The fraction of sp³-hybridized carbons (Fsp3) is 0.615. The molecule has 0 spiro atoms. The van der Waals surface area contributed by atoms with Crippen LogP contribution >= 0.6 is 24.2 Å². The molecule has 2 amide bonds. The molecule has 0 aromatic rings. The monoisotopic (exact) mass is 335 g/mol. The molecule has 0 aliphatic carbocycles. The van der Waals surface area contributed by atoms with Crippen LogP contribution in [0.1, 0.15) is 26.2 Å². The van der Waals surface area contributed by atoms with Crippen molar-refractivity contribution in [2.75, 3.05) is 18.8 Å². The van der Waals surface area contributed by atoms with Gasteiger partial charge in [0, 0.05) is 6.92 Å². The van der Waals surface area contributed by atoms with Crippen molar-refractivity contribution in [1.29, 1.82) is 0 Å². The van der Waals surface area contributed by atoms with Gasteiger partial charge in [-0.15, -0.1) is 18.8 Å². The fourth-order valence-corrected chi connectivity index (χ4v) is 1.84. The highest BCUT2D eigenvalue weighted by Crippen LogP contribution is 2.04. The van der Waals surface area contributed by atoms with E-state index in [4.69, 9.17) is 12.2 Å². The summed E-state index contributed by atoms with van der Waals surface area (Å²) in [7, 11) is 0. The summed E-state index contributed by atoms with van der Waals surface area (Å²) in [6, 6.07) is -0.644. The topological polar surface area (TPSA) is 101 Å². The fourth-order valence-electron chi connectivity index (χ4n) is 1.43. The minimum atomic E-state index is -0.644. The average molecular weight is 336 g/mol. The van der Waals surface area contributed by atoms with Gasteiger partial charge in [-0.25, -0.2) is 0 Å². The number of nitrogens with one attached hydrogen (secondary N) is 2. The van der Waals surface area contributed by atoms with Gasteiger partial charge in [0.1, 0.15) is 6.04 Å². The molecule has 21 heavy (non-hydrogen) atoms.